The number of hydrogen-bond donors (Lipinski definition) is 2. The van der Waals surface area contributed by atoms with Crippen LogP contribution in [0.1, 0.15) is 12.0 Å². The second kappa shape index (κ2) is 6.78. The molecule has 1 aromatic rings. The molecule has 1 aromatic carbocycles. The number of rotatable bonds is 3. The normalized spacial score (nSPS) is 18.4. The van der Waals surface area contributed by atoms with Crippen LogP contribution in [-0.4, -0.2) is 47.8 Å². The maximum atomic E-state index is 12.3. The monoisotopic (exact) mass is 312 g/mol. The summed E-state index contributed by atoms with van der Waals surface area (Å²) in [5.74, 6) is -0.961. The van der Waals surface area contributed by atoms with Gasteiger partial charge in [0.2, 0.25) is 0 Å². The van der Waals surface area contributed by atoms with Gasteiger partial charge in [-0.1, -0.05) is 17.7 Å². The first kappa shape index (κ1) is 15.6. The number of aryl methyl sites for hydroxylation is 1. The molecule has 21 heavy (non-hydrogen) atoms. The Balaban J connectivity index is 2.10. The van der Waals surface area contributed by atoms with Crippen molar-refractivity contribution in [2.45, 2.75) is 19.4 Å². The zero-order valence-corrected chi connectivity index (χ0v) is 12.4. The van der Waals surface area contributed by atoms with Crippen molar-refractivity contribution in [1.29, 1.82) is 0 Å². The van der Waals surface area contributed by atoms with Crippen LogP contribution in [-0.2, 0) is 9.53 Å². The van der Waals surface area contributed by atoms with Gasteiger partial charge in [0.1, 0.15) is 0 Å². The third kappa shape index (κ3) is 4.09. The van der Waals surface area contributed by atoms with Crippen LogP contribution in [0.4, 0.5) is 10.5 Å². The molecule has 0 aromatic heterocycles. The predicted molar refractivity (Wildman–Crippen MR) is 78.8 cm³/mol. The SMILES string of the molecule is Cc1ccc(Cl)c(NC(=O)N2CCOCC2CC(=O)O)c1. The quantitative estimate of drug-likeness (QED) is 0.898. The smallest absolute Gasteiger partial charge is 0.322 e. The molecule has 1 aliphatic rings. The topological polar surface area (TPSA) is 78.9 Å². The molecule has 2 amide bonds. The Morgan fingerprint density at radius 2 is 2.29 bits per heavy atom. The van der Waals surface area contributed by atoms with Gasteiger partial charge < -0.3 is 20.1 Å². The number of carboxylic acids is 1. The number of hydrogen-bond acceptors (Lipinski definition) is 3. The first-order chi connectivity index (χ1) is 9.97. The molecule has 2 rings (SSSR count). The number of carbonyl (C=O) groups excluding carboxylic acids is 1. The van der Waals surface area contributed by atoms with Crippen LogP contribution >= 0.6 is 11.6 Å². The predicted octanol–water partition coefficient (Wildman–Crippen LogP) is 2.36. The molecule has 1 aliphatic heterocycles. The molecule has 1 heterocycles. The number of morpholine rings is 1. The van der Waals surface area contributed by atoms with E-state index in [1.807, 2.05) is 13.0 Å². The number of nitrogens with zero attached hydrogens (tertiary/aromatic N) is 1. The minimum atomic E-state index is -0.961. The summed E-state index contributed by atoms with van der Waals surface area (Å²) in [5.41, 5.74) is 1.49. The third-order valence-corrected chi connectivity index (χ3v) is 3.59. The lowest BCUT2D eigenvalue weighted by Crippen LogP contribution is -2.51. The minimum Gasteiger partial charge on any atom is -0.481 e. The standard InChI is InChI=1S/C14H17ClN2O4/c1-9-2-3-11(15)12(6-9)16-14(20)17-4-5-21-8-10(17)7-13(18)19/h2-3,6,10H,4-5,7-8H2,1H3,(H,16,20)(H,18,19). The van der Waals surface area contributed by atoms with Gasteiger partial charge in [-0.05, 0) is 24.6 Å². The third-order valence-electron chi connectivity index (χ3n) is 3.26. The molecular weight excluding hydrogens is 296 g/mol. The number of halogens is 1. The van der Waals surface area contributed by atoms with E-state index in [-0.39, 0.29) is 19.1 Å². The van der Waals surface area contributed by atoms with Gasteiger partial charge >= 0.3 is 12.0 Å². The average Bonchev–Trinajstić information content (AvgIpc) is 2.42. The van der Waals surface area contributed by atoms with Gasteiger partial charge in [-0.2, -0.15) is 0 Å². The summed E-state index contributed by atoms with van der Waals surface area (Å²) in [6, 6.07) is 4.49. The van der Waals surface area contributed by atoms with E-state index in [2.05, 4.69) is 5.32 Å². The number of aliphatic carboxylic acids is 1. The van der Waals surface area contributed by atoms with Gasteiger partial charge in [-0.3, -0.25) is 4.79 Å². The Morgan fingerprint density at radius 3 is 3.00 bits per heavy atom. The van der Waals surface area contributed by atoms with Crippen LogP contribution in [0.15, 0.2) is 18.2 Å². The Bertz CT molecular complexity index is 550. The van der Waals surface area contributed by atoms with E-state index < -0.39 is 12.0 Å². The molecule has 0 aliphatic carbocycles. The number of anilines is 1. The number of amides is 2. The first-order valence-electron chi connectivity index (χ1n) is 6.60. The summed E-state index contributed by atoms with van der Waals surface area (Å²) in [4.78, 5) is 24.7. The van der Waals surface area contributed by atoms with E-state index in [0.717, 1.165) is 5.56 Å². The highest BCUT2D eigenvalue weighted by molar-refractivity contribution is 6.33. The highest BCUT2D eigenvalue weighted by Gasteiger charge is 2.29. The zero-order valence-electron chi connectivity index (χ0n) is 11.6. The summed E-state index contributed by atoms with van der Waals surface area (Å²) in [6.07, 6.45) is -0.144. The lowest BCUT2D eigenvalue weighted by molar-refractivity contribution is -0.139. The van der Waals surface area contributed by atoms with Crippen molar-refractivity contribution >= 4 is 29.3 Å². The Hall–Kier alpha value is -1.79. The summed E-state index contributed by atoms with van der Waals surface area (Å²) < 4.78 is 5.25. The number of urea groups is 1. The Labute approximate surface area is 127 Å². The van der Waals surface area contributed by atoms with Crippen LogP contribution in [0, 0.1) is 6.92 Å². The molecule has 6 nitrogen and oxygen atoms in total. The van der Waals surface area contributed by atoms with Gasteiger partial charge in [0.05, 0.1) is 36.4 Å². The van der Waals surface area contributed by atoms with Gasteiger partial charge in [-0.25, -0.2) is 4.79 Å². The average molecular weight is 313 g/mol. The molecule has 114 valence electrons. The second-order valence-electron chi connectivity index (χ2n) is 4.93. The summed E-state index contributed by atoms with van der Waals surface area (Å²) >= 11 is 6.05. The molecule has 7 heteroatoms. The van der Waals surface area contributed by atoms with E-state index >= 15 is 0 Å². The van der Waals surface area contributed by atoms with Gasteiger partial charge in [0.15, 0.2) is 0 Å². The van der Waals surface area contributed by atoms with Crippen molar-refractivity contribution in [3.8, 4) is 0 Å². The summed E-state index contributed by atoms with van der Waals surface area (Å²) in [5, 5.41) is 12.1. The van der Waals surface area contributed by atoms with Gasteiger partial charge in [-0.15, -0.1) is 0 Å². The van der Waals surface area contributed by atoms with E-state index in [1.165, 1.54) is 4.90 Å². The summed E-state index contributed by atoms with van der Waals surface area (Å²) in [6.45, 7) is 2.87. The molecule has 0 radical (unpaired) electrons. The molecule has 0 spiro atoms. The van der Waals surface area contributed by atoms with E-state index in [9.17, 15) is 9.59 Å². The number of carbonyl (C=O) groups is 2. The van der Waals surface area contributed by atoms with Crippen LogP contribution in [0.2, 0.25) is 5.02 Å². The van der Waals surface area contributed by atoms with Crippen LogP contribution in [0.5, 0.6) is 0 Å². The number of benzene rings is 1. The van der Waals surface area contributed by atoms with Gasteiger partial charge in [0.25, 0.3) is 0 Å². The lowest BCUT2D eigenvalue weighted by atomic mass is 10.1. The molecule has 0 bridgehead atoms. The highest BCUT2D eigenvalue weighted by Crippen LogP contribution is 2.23. The largest absolute Gasteiger partial charge is 0.481 e. The fourth-order valence-corrected chi connectivity index (χ4v) is 2.38. The van der Waals surface area contributed by atoms with Crippen molar-refractivity contribution in [3.05, 3.63) is 28.8 Å². The van der Waals surface area contributed by atoms with Crippen molar-refractivity contribution in [2.24, 2.45) is 0 Å². The van der Waals surface area contributed by atoms with E-state index in [4.69, 9.17) is 21.4 Å². The van der Waals surface area contributed by atoms with Crippen molar-refractivity contribution < 1.29 is 19.4 Å². The molecule has 1 atom stereocenters. The summed E-state index contributed by atoms with van der Waals surface area (Å²) in [7, 11) is 0. The lowest BCUT2D eigenvalue weighted by Gasteiger charge is -2.34. The Kier molecular flexibility index (Phi) is 5.03. The number of nitrogens with one attached hydrogen (secondary N) is 1. The molecule has 1 unspecified atom stereocenters. The molecule has 2 N–H and O–H groups in total. The van der Waals surface area contributed by atoms with E-state index in [1.54, 1.807) is 12.1 Å². The van der Waals surface area contributed by atoms with Crippen molar-refractivity contribution in [2.75, 3.05) is 25.1 Å². The Morgan fingerprint density at radius 1 is 1.52 bits per heavy atom. The number of ether oxygens (including phenoxy) is 1. The fourth-order valence-electron chi connectivity index (χ4n) is 2.21. The van der Waals surface area contributed by atoms with Crippen molar-refractivity contribution in [3.63, 3.8) is 0 Å². The highest BCUT2D eigenvalue weighted by atomic mass is 35.5. The number of carboxylic acid groups (broad SMARTS) is 1. The molecular formula is C14H17ClN2O4. The zero-order chi connectivity index (χ0) is 15.4. The molecule has 0 saturated carbocycles. The molecule has 1 saturated heterocycles. The van der Waals surface area contributed by atoms with Gasteiger partial charge in [0, 0.05) is 6.54 Å². The molecule has 1 fully saturated rings. The maximum absolute atomic E-state index is 12.3. The maximum Gasteiger partial charge on any atom is 0.322 e. The van der Waals surface area contributed by atoms with Crippen LogP contribution in [0.25, 0.3) is 0 Å². The van der Waals surface area contributed by atoms with Crippen LogP contribution in [0.3, 0.4) is 0 Å². The van der Waals surface area contributed by atoms with E-state index in [0.29, 0.717) is 23.9 Å². The van der Waals surface area contributed by atoms with Crippen molar-refractivity contribution in [1.82, 2.24) is 4.90 Å². The minimum absolute atomic E-state index is 0.144. The first-order valence-corrected chi connectivity index (χ1v) is 6.98. The fraction of sp³-hybridized carbons (Fsp3) is 0.429. The second-order valence-corrected chi connectivity index (χ2v) is 5.34. The van der Waals surface area contributed by atoms with Crippen LogP contribution < -0.4 is 5.32 Å².